The molecule has 0 saturated heterocycles. The van der Waals surface area contributed by atoms with Crippen LogP contribution in [0.15, 0.2) is 39.4 Å². The molecule has 20 heavy (non-hydrogen) atoms. The van der Waals surface area contributed by atoms with Crippen molar-refractivity contribution in [2.75, 3.05) is 6.54 Å². The van der Waals surface area contributed by atoms with Gasteiger partial charge >= 0.3 is 0 Å². The predicted molar refractivity (Wildman–Crippen MR) is 79.1 cm³/mol. The molecule has 0 aliphatic heterocycles. The molecule has 0 spiro atoms. The van der Waals surface area contributed by atoms with E-state index in [4.69, 9.17) is 9.15 Å². The van der Waals surface area contributed by atoms with Gasteiger partial charge in [-0.1, -0.05) is 6.92 Å². The van der Waals surface area contributed by atoms with Crippen molar-refractivity contribution in [1.82, 2.24) is 5.32 Å². The van der Waals surface area contributed by atoms with E-state index < -0.39 is 0 Å². The first-order valence-electron chi connectivity index (χ1n) is 6.54. The molecule has 1 heterocycles. The Hall–Kier alpha value is -1.33. The van der Waals surface area contributed by atoms with Crippen LogP contribution in [0.5, 0.6) is 5.75 Å². The maximum Gasteiger partial charge on any atom is 0.146 e. The van der Waals surface area contributed by atoms with Crippen molar-refractivity contribution in [3.63, 3.8) is 0 Å². The van der Waals surface area contributed by atoms with Crippen LogP contribution in [0.1, 0.15) is 24.7 Å². The second-order valence-electron chi connectivity index (χ2n) is 4.46. The number of hydrogen-bond acceptors (Lipinski definition) is 3. The van der Waals surface area contributed by atoms with Gasteiger partial charge in [-0.05, 0) is 47.1 Å². The van der Waals surface area contributed by atoms with Crippen molar-refractivity contribution in [2.45, 2.75) is 26.5 Å². The molecule has 5 heteroatoms. The molecule has 1 aromatic heterocycles. The van der Waals surface area contributed by atoms with E-state index in [0.717, 1.165) is 30.8 Å². The second kappa shape index (κ2) is 7.45. The summed E-state index contributed by atoms with van der Waals surface area (Å²) in [5, 5.41) is 3.30. The normalized spacial score (nSPS) is 10.8. The fourth-order valence-electron chi connectivity index (χ4n) is 1.73. The molecule has 1 aromatic carbocycles. The Morgan fingerprint density at radius 3 is 2.95 bits per heavy atom. The lowest BCUT2D eigenvalue weighted by Gasteiger charge is -2.04. The Morgan fingerprint density at radius 2 is 2.20 bits per heavy atom. The standard InChI is InChI=1S/C15H17BrFNO2/c1-2-5-18-8-11-6-13(19-9-11)10-20-12-3-4-14(16)15(17)7-12/h3-4,6-7,9,18H,2,5,8,10H2,1H3. The third-order valence-corrected chi connectivity index (χ3v) is 3.38. The van der Waals surface area contributed by atoms with Crippen molar-refractivity contribution in [3.05, 3.63) is 52.1 Å². The van der Waals surface area contributed by atoms with E-state index in [0.29, 0.717) is 10.2 Å². The Morgan fingerprint density at radius 1 is 1.35 bits per heavy atom. The maximum atomic E-state index is 13.3. The lowest BCUT2D eigenvalue weighted by Crippen LogP contribution is -2.13. The summed E-state index contributed by atoms with van der Waals surface area (Å²) < 4.78 is 24.6. The van der Waals surface area contributed by atoms with Gasteiger partial charge in [0.2, 0.25) is 0 Å². The van der Waals surface area contributed by atoms with Crippen LogP contribution in [0, 0.1) is 5.82 Å². The molecule has 0 radical (unpaired) electrons. The summed E-state index contributed by atoms with van der Waals surface area (Å²) in [5.41, 5.74) is 1.08. The monoisotopic (exact) mass is 341 g/mol. The first kappa shape index (κ1) is 15.1. The molecule has 0 unspecified atom stereocenters. The smallest absolute Gasteiger partial charge is 0.146 e. The van der Waals surface area contributed by atoms with Gasteiger partial charge < -0.3 is 14.5 Å². The van der Waals surface area contributed by atoms with Crippen molar-refractivity contribution >= 4 is 15.9 Å². The highest BCUT2D eigenvalue weighted by Gasteiger charge is 2.05. The van der Waals surface area contributed by atoms with Gasteiger partial charge in [-0.25, -0.2) is 4.39 Å². The van der Waals surface area contributed by atoms with E-state index in [1.54, 1.807) is 18.4 Å². The molecule has 0 fully saturated rings. The van der Waals surface area contributed by atoms with Gasteiger partial charge in [0.15, 0.2) is 0 Å². The van der Waals surface area contributed by atoms with Crippen molar-refractivity contribution in [3.8, 4) is 5.75 Å². The van der Waals surface area contributed by atoms with Crippen molar-refractivity contribution in [1.29, 1.82) is 0 Å². The summed E-state index contributed by atoms with van der Waals surface area (Å²) in [6.07, 6.45) is 2.81. The quantitative estimate of drug-likeness (QED) is 0.764. The molecule has 0 atom stereocenters. The van der Waals surface area contributed by atoms with Crippen molar-refractivity contribution in [2.24, 2.45) is 0 Å². The van der Waals surface area contributed by atoms with Crippen LogP contribution >= 0.6 is 15.9 Å². The summed E-state index contributed by atoms with van der Waals surface area (Å²) in [5.74, 6) is 0.862. The van der Waals surface area contributed by atoms with E-state index in [-0.39, 0.29) is 12.4 Å². The van der Waals surface area contributed by atoms with Gasteiger partial charge in [0.25, 0.3) is 0 Å². The van der Waals surface area contributed by atoms with Crippen LogP contribution in [0.3, 0.4) is 0 Å². The Bertz CT molecular complexity index is 557. The second-order valence-corrected chi connectivity index (χ2v) is 5.32. The van der Waals surface area contributed by atoms with E-state index in [9.17, 15) is 4.39 Å². The van der Waals surface area contributed by atoms with E-state index >= 15 is 0 Å². The van der Waals surface area contributed by atoms with Crippen molar-refractivity contribution < 1.29 is 13.5 Å². The lowest BCUT2D eigenvalue weighted by molar-refractivity contribution is 0.269. The maximum absolute atomic E-state index is 13.3. The Kier molecular flexibility index (Phi) is 5.61. The average molecular weight is 342 g/mol. The molecular formula is C15H17BrFNO2. The topological polar surface area (TPSA) is 34.4 Å². The molecular weight excluding hydrogens is 325 g/mol. The number of rotatable bonds is 7. The average Bonchev–Trinajstić information content (AvgIpc) is 2.88. The van der Waals surface area contributed by atoms with Gasteiger partial charge in [-0.3, -0.25) is 0 Å². The highest BCUT2D eigenvalue weighted by Crippen LogP contribution is 2.22. The summed E-state index contributed by atoms with van der Waals surface area (Å²) >= 11 is 3.10. The van der Waals surface area contributed by atoms with Crippen LogP contribution in [0.25, 0.3) is 0 Å². The molecule has 0 saturated carbocycles. The molecule has 108 valence electrons. The van der Waals surface area contributed by atoms with Gasteiger partial charge in [0.05, 0.1) is 10.7 Å². The summed E-state index contributed by atoms with van der Waals surface area (Å²) in [7, 11) is 0. The number of hydrogen-bond donors (Lipinski definition) is 1. The third kappa shape index (κ3) is 4.35. The highest BCUT2D eigenvalue weighted by atomic mass is 79.9. The molecule has 0 bridgehead atoms. The van der Waals surface area contributed by atoms with Crippen LogP contribution in [0.4, 0.5) is 4.39 Å². The zero-order chi connectivity index (χ0) is 14.4. The lowest BCUT2D eigenvalue weighted by atomic mass is 10.3. The van der Waals surface area contributed by atoms with Crippen LogP contribution in [-0.4, -0.2) is 6.54 Å². The zero-order valence-corrected chi connectivity index (χ0v) is 12.9. The zero-order valence-electron chi connectivity index (χ0n) is 11.3. The number of furan rings is 1. The minimum atomic E-state index is -0.341. The highest BCUT2D eigenvalue weighted by molar-refractivity contribution is 9.10. The van der Waals surface area contributed by atoms with Gasteiger partial charge in [-0.2, -0.15) is 0 Å². The van der Waals surface area contributed by atoms with Gasteiger partial charge in [0, 0.05) is 18.2 Å². The van der Waals surface area contributed by atoms with Gasteiger partial charge in [-0.15, -0.1) is 0 Å². The first-order chi connectivity index (χ1) is 9.69. The van der Waals surface area contributed by atoms with E-state index in [1.807, 2.05) is 6.07 Å². The molecule has 3 nitrogen and oxygen atoms in total. The number of halogens is 2. The van der Waals surface area contributed by atoms with Gasteiger partial charge in [0.1, 0.15) is 23.9 Å². The van der Waals surface area contributed by atoms with Crippen LogP contribution < -0.4 is 10.1 Å². The minimum Gasteiger partial charge on any atom is -0.486 e. The van der Waals surface area contributed by atoms with E-state index in [1.165, 1.54) is 6.07 Å². The fraction of sp³-hybridized carbons (Fsp3) is 0.333. The number of ether oxygens (including phenoxy) is 1. The summed E-state index contributed by atoms with van der Waals surface area (Å²) in [6.45, 7) is 4.17. The Balaban J connectivity index is 1.85. The van der Waals surface area contributed by atoms with E-state index in [2.05, 4.69) is 28.2 Å². The first-order valence-corrected chi connectivity index (χ1v) is 7.33. The number of nitrogens with one attached hydrogen (secondary N) is 1. The SMILES string of the molecule is CCCNCc1coc(COc2ccc(Br)c(F)c2)c1. The molecule has 0 amide bonds. The third-order valence-electron chi connectivity index (χ3n) is 2.74. The number of benzene rings is 1. The minimum absolute atomic E-state index is 0.287. The fourth-order valence-corrected chi connectivity index (χ4v) is 1.97. The predicted octanol–water partition coefficient (Wildman–Crippen LogP) is 4.26. The molecule has 0 aliphatic carbocycles. The Labute approximate surface area is 126 Å². The summed E-state index contributed by atoms with van der Waals surface area (Å²) in [4.78, 5) is 0. The molecule has 2 aromatic rings. The molecule has 1 N–H and O–H groups in total. The molecule has 2 rings (SSSR count). The largest absolute Gasteiger partial charge is 0.486 e. The van der Waals surface area contributed by atoms with Crippen LogP contribution in [-0.2, 0) is 13.2 Å². The molecule has 0 aliphatic rings. The van der Waals surface area contributed by atoms with Crippen LogP contribution in [0.2, 0.25) is 0 Å². The summed E-state index contributed by atoms with van der Waals surface area (Å²) in [6, 6.07) is 6.61.